The Labute approximate surface area is 75.2 Å². The minimum Gasteiger partial charge on any atom is -0.498 e. The highest BCUT2D eigenvalue weighted by molar-refractivity contribution is 5.46. The summed E-state index contributed by atoms with van der Waals surface area (Å²) in [5.41, 5.74) is 1.91. The van der Waals surface area contributed by atoms with Crippen LogP contribution < -0.4 is 0 Å². The van der Waals surface area contributed by atoms with Gasteiger partial charge in [0.1, 0.15) is 11.1 Å². The molecule has 1 aromatic rings. The van der Waals surface area contributed by atoms with Gasteiger partial charge in [0, 0.05) is 10.0 Å². The van der Waals surface area contributed by atoms with Crippen molar-refractivity contribution in [2.45, 2.75) is 6.92 Å². The van der Waals surface area contributed by atoms with Crippen LogP contribution in [0.4, 0.5) is 0 Å². The fourth-order valence-electron chi connectivity index (χ4n) is 0.914. The lowest BCUT2D eigenvalue weighted by molar-refractivity contribution is 1.42. The van der Waals surface area contributed by atoms with Crippen LogP contribution in [0.1, 0.15) is 16.7 Å². The number of aryl methyl sites for hydroxylation is 1. The molecule has 0 spiro atoms. The van der Waals surface area contributed by atoms with Crippen molar-refractivity contribution in [1.29, 1.82) is 0 Å². The van der Waals surface area contributed by atoms with Crippen LogP contribution in [0.2, 0.25) is 0 Å². The van der Waals surface area contributed by atoms with E-state index in [0.29, 0.717) is 11.1 Å². The van der Waals surface area contributed by atoms with Gasteiger partial charge in [-0.1, -0.05) is 6.07 Å². The molecule has 0 radical (unpaired) electrons. The second kappa shape index (κ2) is 3.99. The molecule has 0 aliphatic heterocycles. The first kappa shape index (κ1) is 8.89. The first-order chi connectivity index (χ1) is 6.27. The fourth-order valence-corrected chi connectivity index (χ4v) is 0.914. The molecule has 0 saturated carbocycles. The first-order valence-electron chi connectivity index (χ1n) is 3.55. The molecule has 13 heavy (non-hydrogen) atoms. The molecule has 1 rings (SSSR count). The highest BCUT2D eigenvalue weighted by atomic mass is 16.4. The van der Waals surface area contributed by atoms with E-state index in [1.807, 2.05) is 6.92 Å². The second-order valence-electron chi connectivity index (χ2n) is 2.44. The van der Waals surface area contributed by atoms with Crippen molar-refractivity contribution in [3.63, 3.8) is 0 Å². The SMILES string of the molecule is Cc1ccc(C#[N+][O-])cc1C#[N+][O-]. The molecular formula is C9H6N2O2. The Morgan fingerprint density at radius 1 is 1.15 bits per heavy atom. The number of benzene rings is 1. The van der Waals surface area contributed by atoms with Crippen LogP contribution >= 0.6 is 0 Å². The van der Waals surface area contributed by atoms with E-state index in [4.69, 9.17) is 0 Å². The number of hydrogen-bond acceptors (Lipinski definition) is 2. The van der Waals surface area contributed by atoms with Crippen LogP contribution in [0.25, 0.3) is 10.0 Å². The van der Waals surface area contributed by atoms with Gasteiger partial charge in [-0.05, 0) is 24.6 Å². The van der Waals surface area contributed by atoms with Gasteiger partial charge >= 0.3 is 12.1 Å². The summed E-state index contributed by atoms with van der Waals surface area (Å²) in [6, 6.07) is 9.46. The molecule has 64 valence electrons. The van der Waals surface area contributed by atoms with Gasteiger partial charge in [-0.2, -0.15) is 0 Å². The van der Waals surface area contributed by atoms with E-state index < -0.39 is 0 Å². The molecule has 0 unspecified atom stereocenters. The standard InChI is InChI=1S/C9H6N2O2/c1-7-2-3-8(5-10-12)4-9(7)6-11-13/h2-4H,1H3. The van der Waals surface area contributed by atoms with E-state index in [2.05, 4.69) is 22.2 Å². The molecule has 4 heteroatoms. The second-order valence-corrected chi connectivity index (χ2v) is 2.44. The molecule has 0 heterocycles. The third kappa shape index (κ3) is 2.11. The lowest BCUT2D eigenvalue weighted by Gasteiger charge is -1.91. The first-order valence-corrected chi connectivity index (χ1v) is 3.55. The number of hydrogen-bond donors (Lipinski definition) is 0. The summed E-state index contributed by atoms with van der Waals surface area (Å²) in [7, 11) is 0. The number of nitrogens with zero attached hydrogens (tertiary/aromatic N) is 2. The molecule has 4 nitrogen and oxygen atoms in total. The molecule has 0 N–H and O–H groups in total. The Morgan fingerprint density at radius 2 is 1.85 bits per heavy atom. The summed E-state index contributed by atoms with van der Waals surface area (Å²) in [4.78, 5) is 0. The molecular weight excluding hydrogens is 168 g/mol. The Hall–Kier alpha value is -2.20. The van der Waals surface area contributed by atoms with E-state index in [0.717, 1.165) is 5.56 Å². The molecule has 0 aromatic heterocycles. The van der Waals surface area contributed by atoms with Crippen molar-refractivity contribution in [3.8, 4) is 12.1 Å². The van der Waals surface area contributed by atoms with Gasteiger partial charge in [0.2, 0.25) is 0 Å². The van der Waals surface area contributed by atoms with Crippen LogP contribution in [0, 0.1) is 29.5 Å². The Balaban J connectivity index is 3.21. The van der Waals surface area contributed by atoms with E-state index in [-0.39, 0.29) is 0 Å². The van der Waals surface area contributed by atoms with Crippen molar-refractivity contribution >= 4 is 0 Å². The summed E-state index contributed by atoms with van der Waals surface area (Å²) < 4.78 is 0. The highest BCUT2D eigenvalue weighted by Crippen LogP contribution is 2.09. The highest BCUT2D eigenvalue weighted by Gasteiger charge is 2.03. The zero-order valence-corrected chi connectivity index (χ0v) is 6.94. The predicted octanol–water partition coefficient (Wildman–Crippen LogP) is 2.35. The van der Waals surface area contributed by atoms with E-state index >= 15 is 0 Å². The van der Waals surface area contributed by atoms with Gasteiger partial charge in [-0.3, -0.25) is 0 Å². The molecule has 0 bridgehead atoms. The average molecular weight is 174 g/mol. The van der Waals surface area contributed by atoms with Crippen molar-refractivity contribution < 1.29 is 0 Å². The van der Waals surface area contributed by atoms with Crippen LogP contribution in [0.15, 0.2) is 18.2 Å². The average Bonchev–Trinajstić information content (AvgIpc) is 2.12. The summed E-state index contributed by atoms with van der Waals surface area (Å²) >= 11 is 0. The molecule has 0 amide bonds. The van der Waals surface area contributed by atoms with Gasteiger partial charge in [0.25, 0.3) is 0 Å². The van der Waals surface area contributed by atoms with E-state index in [1.165, 1.54) is 0 Å². The Bertz CT molecular complexity index is 432. The minimum atomic E-state index is 0.506. The smallest absolute Gasteiger partial charge is 0.336 e. The number of rotatable bonds is 0. The predicted molar refractivity (Wildman–Crippen MR) is 50.6 cm³/mol. The molecule has 0 fully saturated rings. The molecule has 0 saturated heterocycles. The topological polar surface area (TPSA) is 54.8 Å². The van der Waals surface area contributed by atoms with Crippen LogP contribution in [0.3, 0.4) is 0 Å². The van der Waals surface area contributed by atoms with Crippen LogP contribution in [-0.2, 0) is 0 Å². The van der Waals surface area contributed by atoms with Gasteiger partial charge in [0.15, 0.2) is 0 Å². The maximum atomic E-state index is 9.93. The van der Waals surface area contributed by atoms with Gasteiger partial charge < -0.3 is 10.4 Å². The van der Waals surface area contributed by atoms with Crippen LogP contribution in [0.5, 0.6) is 0 Å². The molecule has 1 aromatic carbocycles. The molecule has 0 aliphatic rings. The largest absolute Gasteiger partial charge is 0.498 e. The van der Waals surface area contributed by atoms with Gasteiger partial charge in [0.05, 0.1) is 0 Å². The van der Waals surface area contributed by atoms with E-state index in [9.17, 15) is 10.4 Å². The van der Waals surface area contributed by atoms with Crippen molar-refractivity contribution in [2.24, 2.45) is 0 Å². The summed E-state index contributed by atoms with van der Waals surface area (Å²) in [6.45, 7) is 1.81. The zero-order chi connectivity index (χ0) is 9.68. The van der Waals surface area contributed by atoms with Gasteiger partial charge in [-0.25, -0.2) is 0 Å². The van der Waals surface area contributed by atoms with Crippen molar-refractivity contribution in [1.82, 2.24) is 0 Å². The van der Waals surface area contributed by atoms with Crippen LogP contribution in [-0.4, -0.2) is 0 Å². The lowest BCUT2D eigenvalue weighted by atomic mass is 10.1. The summed E-state index contributed by atoms with van der Waals surface area (Å²) in [5.74, 6) is 0. The third-order valence-corrected chi connectivity index (χ3v) is 1.58. The maximum absolute atomic E-state index is 9.93. The molecule has 0 atom stereocenters. The summed E-state index contributed by atoms with van der Waals surface area (Å²) in [6.07, 6.45) is 0. The summed E-state index contributed by atoms with van der Waals surface area (Å²) in [5, 5.41) is 24.8. The van der Waals surface area contributed by atoms with Crippen molar-refractivity contribution in [2.75, 3.05) is 0 Å². The maximum Gasteiger partial charge on any atom is 0.336 e. The zero-order valence-electron chi connectivity index (χ0n) is 6.94. The lowest BCUT2D eigenvalue weighted by Crippen LogP contribution is -1.83. The Kier molecular flexibility index (Phi) is 2.73. The van der Waals surface area contributed by atoms with Crippen molar-refractivity contribution in [3.05, 3.63) is 55.3 Å². The van der Waals surface area contributed by atoms with Gasteiger partial charge in [-0.15, -0.1) is 0 Å². The minimum absolute atomic E-state index is 0.506. The van der Waals surface area contributed by atoms with E-state index in [1.54, 1.807) is 18.2 Å². The third-order valence-electron chi connectivity index (χ3n) is 1.58. The Morgan fingerprint density at radius 3 is 2.46 bits per heavy atom. The fraction of sp³-hybridized carbons (Fsp3) is 0.111. The molecule has 0 aliphatic carbocycles. The quantitative estimate of drug-likeness (QED) is 0.567. The monoisotopic (exact) mass is 174 g/mol. The normalized spacial score (nSPS) is 7.77.